The number of carboxylic acid groups (broad SMARTS) is 1. The van der Waals surface area contributed by atoms with Gasteiger partial charge in [-0.15, -0.1) is 0 Å². The first kappa shape index (κ1) is 18.7. The van der Waals surface area contributed by atoms with E-state index in [-0.39, 0.29) is 28.2 Å². The number of carbonyl (C=O) groups excluding carboxylic acids is 1. The van der Waals surface area contributed by atoms with Crippen LogP contribution in [0, 0.1) is 5.92 Å². The molecule has 1 aromatic carbocycles. The Morgan fingerprint density at radius 1 is 1.27 bits per heavy atom. The Morgan fingerprint density at radius 2 is 1.96 bits per heavy atom. The van der Waals surface area contributed by atoms with Crippen LogP contribution in [0.5, 0.6) is 5.75 Å². The van der Waals surface area contributed by atoms with Crippen molar-refractivity contribution < 1.29 is 27.9 Å². The van der Waals surface area contributed by atoms with Crippen molar-refractivity contribution in [1.82, 2.24) is 9.62 Å². The Morgan fingerprint density at radius 3 is 2.50 bits per heavy atom. The number of nitrogens with one attached hydrogen (secondary N) is 1. The number of sulfonamides is 1. The van der Waals surface area contributed by atoms with Gasteiger partial charge in [0.25, 0.3) is 5.91 Å². The molecule has 2 fully saturated rings. The van der Waals surface area contributed by atoms with Gasteiger partial charge in [0.1, 0.15) is 10.6 Å². The highest BCUT2D eigenvalue weighted by molar-refractivity contribution is 7.89. The molecule has 0 aromatic heterocycles. The number of carbonyl (C=O) groups is 2. The van der Waals surface area contributed by atoms with Crippen LogP contribution < -0.4 is 9.46 Å². The summed E-state index contributed by atoms with van der Waals surface area (Å²) in [5, 5.41) is 9.22. The highest BCUT2D eigenvalue weighted by atomic mass is 32.2. The predicted octanol–water partition coefficient (Wildman–Crippen LogP) is 1.07. The lowest BCUT2D eigenvalue weighted by atomic mass is 10.0. The van der Waals surface area contributed by atoms with E-state index in [1.165, 1.54) is 30.2 Å². The van der Waals surface area contributed by atoms with Gasteiger partial charge in [-0.2, -0.15) is 0 Å². The molecular formula is C17H22N2O6S. The van der Waals surface area contributed by atoms with Crippen molar-refractivity contribution >= 4 is 21.9 Å². The number of likely N-dealkylation sites (tertiary alicyclic amines) is 1. The minimum absolute atomic E-state index is 0.0704. The molecule has 0 bridgehead atoms. The van der Waals surface area contributed by atoms with E-state index in [9.17, 15) is 23.1 Å². The average molecular weight is 382 g/mol. The summed E-state index contributed by atoms with van der Waals surface area (Å²) >= 11 is 0. The van der Waals surface area contributed by atoms with Crippen LogP contribution in [0.2, 0.25) is 0 Å². The molecule has 1 aliphatic heterocycles. The molecule has 0 radical (unpaired) electrons. The predicted molar refractivity (Wildman–Crippen MR) is 92.6 cm³/mol. The smallest absolute Gasteiger partial charge is 0.308 e. The summed E-state index contributed by atoms with van der Waals surface area (Å²) in [6, 6.07) is 3.72. The van der Waals surface area contributed by atoms with Crippen LogP contribution in [-0.2, 0) is 14.8 Å². The lowest BCUT2D eigenvalue weighted by Gasteiger charge is -2.23. The Balaban J connectivity index is 1.90. The fraction of sp³-hybridized carbons (Fsp3) is 0.529. The van der Waals surface area contributed by atoms with Gasteiger partial charge < -0.3 is 14.7 Å². The third-order valence-corrected chi connectivity index (χ3v) is 6.47. The van der Waals surface area contributed by atoms with E-state index in [2.05, 4.69) is 4.72 Å². The SMILES string of the molecule is COc1ccc(C(=O)N2CCC(C(=O)O)C2C)cc1S(=O)(=O)NC1CC1. The van der Waals surface area contributed by atoms with Crippen molar-refractivity contribution in [2.24, 2.45) is 5.92 Å². The molecule has 3 rings (SSSR count). The van der Waals surface area contributed by atoms with E-state index < -0.39 is 28.0 Å². The second-order valence-corrected chi connectivity index (χ2v) is 8.42. The van der Waals surface area contributed by atoms with Gasteiger partial charge in [-0.25, -0.2) is 13.1 Å². The second-order valence-electron chi connectivity index (χ2n) is 6.73. The first-order valence-electron chi connectivity index (χ1n) is 8.48. The molecule has 2 aliphatic rings. The third kappa shape index (κ3) is 3.54. The first-order valence-corrected chi connectivity index (χ1v) is 9.97. The summed E-state index contributed by atoms with van der Waals surface area (Å²) in [4.78, 5) is 25.5. The monoisotopic (exact) mass is 382 g/mol. The Bertz CT molecular complexity index is 834. The Hall–Kier alpha value is -2.13. The maximum absolute atomic E-state index is 12.8. The van der Waals surface area contributed by atoms with Gasteiger partial charge in [-0.1, -0.05) is 0 Å². The zero-order valence-electron chi connectivity index (χ0n) is 14.6. The van der Waals surface area contributed by atoms with E-state index in [1.807, 2.05) is 0 Å². The maximum Gasteiger partial charge on any atom is 0.308 e. The molecule has 26 heavy (non-hydrogen) atoms. The molecule has 1 aliphatic carbocycles. The molecule has 0 spiro atoms. The van der Waals surface area contributed by atoms with Gasteiger partial charge in [0.05, 0.1) is 13.0 Å². The molecule has 1 saturated heterocycles. The molecule has 1 saturated carbocycles. The van der Waals surface area contributed by atoms with Gasteiger partial charge in [-0.05, 0) is 44.4 Å². The van der Waals surface area contributed by atoms with Gasteiger partial charge in [0.15, 0.2) is 0 Å². The van der Waals surface area contributed by atoms with Gasteiger partial charge in [0, 0.05) is 24.2 Å². The molecule has 1 aromatic rings. The zero-order chi connectivity index (χ0) is 19.1. The summed E-state index contributed by atoms with van der Waals surface area (Å²) in [5.41, 5.74) is 0.194. The van der Waals surface area contributed by atoms with Crippen LogP contribution in [0.3, 0.4) is 0 Å². The Kier molecular flexibility index (Phi) is 4.94. The van der Waals surface area contributed by atoms with Crippen molar-refractivity contribution in [2.75, 3.05) is 13.7 Å². The number of amides is 1. The molecule has 9 heteroatoms. The summed E-state index contributed by atoms with van der Waals surface area (Å²) in [6.45, 7) is 2.02. The maximum atomic E-state index is 12.8. The number of methoxy groups -OCH3 is 1. The summed E-state index contributed by atoms with van der Waals surface area (Å²) < 4.78 is 32.9. The molecule has 1 heterocycles. The molecule has 2 unspecified atom stereocenters. The van der Waals surface area contributed by atoms with E-state index in [0.717, 1.165) is 12.8 Å². The van der Waals surface area contributed by atoms with Crippen LogP contribution in [0.25, 0.3) is 0 Å². The molecule has 8 nitrogen and oxygen atoms in total. The second kappa shape index (κ2) is 6.88. The van der Waals surface area contributed by atoms with Crippen LogP contribution in [0.1, 0.15) is 36.5 Å². The van der Waals surface area contributed by atoms with Gasteiger partial charge >= 0.3 is 5.97 Å². The number of benzene rings is 1. The van der Waals surface area contributed by atoms with E-state index in [1.54, 1.807) is 6.92 Å². The quantitative estimate of drug-likeness (QED) is 0.761. The molecular weight excluding hydrogens is 360 g/mol. The zero-order valence-corrected chi connectivity index (χ0v) is 15.5. The van der Waals surface area contributed by atoms with Crippen LogP contribution >= 0.6 is 0 Å². The number of aliphatic carboxylic acids is 1. The van der Waals surface area contributed by atoms with Crippen molar-refractivity contribution in [3.8, 4) is 5.75 Å². The van der Waals surface area contributed by atoms with Crippen molar-refractivity contribution in [3.05, 3.63) is 23.8 Å². The van der Waals surface area contributed by atoms with Gasteiger partial charge in [0.2, 0.25) is 10.0 Å². The summed E-state index contributed by atoms with van der Waals surface area (Å²) in [5.74, 6) is -1.77. The average Bonchev–Trinajstić information content (AvgIpc) is 3.31. The van der Waals surface area contributed by atoms with Crippen LogP contribution in [-0.4, -0.2) is 56.0 Å². The van der Waals surface area contributed by atoms with E-state index >= 15 is 0 Å². The standard InChI is InChI=1S/C17H22N2O6S/c1-10-13(17(21)22)7-8-19(10)16(20)11-3-6-14(25-2)15(9-11)26(23,24)18-12-4-5-12/h3,6,9-10,12-13,18H,4-5,7-8H2,1-2H3,(H,21,22). The van der Waals surface area contributed by atoms with Crippen molar-refractivity contribution in [1.29, 1.82) is 0 Å². The number of rotatable bonds is 6. The van der Waals surface area contributed by atoms with Gasteiger partial charge in [-0.3, -0.25) is 9.59 Å². The number of nitrogens with zero attached hydrogens (tertiary/aromatic N) is 1. The fourth-order valence-corrected chi connectivity index (χ4v) is 4.73. The minimum Gasteiger partial charge on any atom is -0.495 e. The summed E-state index contributed by atoms with van der Waals surface area (Å²) in [7, 11) is -2.43. The third-order valence-electron chi connectivity index (χ3n) is 4.93. The number of hydrogen-bond acceptors (Lipinski definition) is 5. The lowest BCUT2D eigenvalue weighted by molar-refractivity contribution is -0.142. The van der Waals surface area contributed by atoms with E-state index in [4.69, 9.17) is 4.74 Å². The molecule has 2 atom stereocenters. The number of ether oxygens (including phenoxy) is 1. The topological polar surface area (TPSA) is 113 Å². The fourth-order valence-electron chi connectivity index (χ4n) is 3.23. The Labute approximate surface area is 152 Å². The van der Waals surface area contributed by atoms with Crippen molar-refractivity contribution in [2.45, 2.75) is 43.2 Å². The highest BCUT2D eigenvalue weighted by Crippen LogP contribution is 2.30. The molecule has 1 amide bonds. The lowest BCUT2D eigenvalue weighted by Crippen LogP contribution is -2.37. The molecule has 2 N–H and O–H groups in total. The minimum atomic E-state index is -3.80. The van der Waals surface area contributed by atoms with E-state index in [0.29, 0.717) is 13.0 Å². The largest absolute Gasteiger partial charge is 0.495 e. The number of hydrogen-bond donors (Lipinski definition) is 2. The summed E-state index contributed by atoms with van der Waals surface area (Å²) in [6.07, 6.45) is 1.97. The van der Waals surface area contributed by atoms with Crippen LogP contribution in [0.4, 0.5) is 0 Å². The van der Waals surface area contributed by atoms with Crippen LogP contribution in [0.15, 0.2) is 23.1 Å². The normalized spacial score (nSPS) is 23.1. The van der Waals surface area contributed by atoms with Crippen molar-refractivity contribution in [3.63, 3.8) is 0 Å². The first-order chi connectivity index (χ1) is 12.2. The highest BCUT2D eigenvalue weighted by Gasteiger charge is 2.39. The number of carboxylic acids is 1. The molecule has 142 valence electrons.